The number of hydrogen-bond donors (Lipinski definition) is 1. The highest BCUT2D eigenvalue weighted by Crippen LogP contribution is 2.33. The maximum absolute atomic E-state index is 13.3. The lowest BCUT2D eigenvalue weighted by Crippen LogP contribution is -2.43. The van der Waals surface area contributed by atoms with E-state index >= 15 is 0 Å². The summed E-state index contributed by atoms with van der Waals surface area (Å²) in [6.45, 7) is 7.62. The van der Waals surface area contributed by atoms with Crippen LogP contribution < -0.4 is 9.46 Å². The Balaban J connectivity index is 1.34. The van der Waals surface area contributed by atoms with Gasteiger partial charge in [-0.3, -0.25) is 4.90 Å². The van der Waals surface area contributed by atoms with Gasteiger partial charge in [-0.2, -0.15) is 9.71 Å². The number of fused-ring (bicyclic) bond motifs is 5. The molecular formula is C31H36N6O2S. The van der Waals surface area contributed by atoms with E-state index in [4.69, 9.17) is 9.72 Å². The second kappa shape index (κ2) is 11.6. The second-order valence-corrected chi connectivity index (χ2v) is 12.3. The molecule has 0 saturated carbocycles. The van der Waals surface area contributed by atoms with Crippen molar-refractivity contribution in [3.05, 3.63) is 83.4 Å². The van der Waals surface area contributed by atoms with Gasteiger partial charge in [0.15, 0.2) is 4.90 Å². The number of ether oxygens (including phenoxy) is 1. The van der Waals surface area contributed by atoms with Crippen LogP contribution in [0, 0.1) is 25.7 Å². The Kier molecular flexibility index (Phi) is 7.78. The lowest BCUT2D eigenvalue weighted by atomic mass is 9.82. The fourth-order valence-electron chi connectivity index (χ4n) is 6.03. The molecule has 9 heteroatoms. The summed E-state index contributed by atoms with van der Waals surface area (Å²) in [5, 5.41) is 0. The molecule has 208 valence electrons. The molecule has 1 N–H and O–H groups in total. The molecule has 4 heterocycles. The highest BCUT2D eigenvalue weighted by molar-refractivity contribution is 7.92. The average Bonchev–Trinajstić information content (AvgIpc) is 3.34. The monoisotopic (exact) mass is 556 g/mol. The van der Waals surface area contributed by atoms with Crippen LogP contribution in [0.2, 0.25) is 0 Å². The van der Waals surface area contributed by atoms with Gasteiger partial charge in [0.1, 0.15) is 11.4 Å². The molecule has 0 radical (unpaired) electrons. The molecule has 1 fully saturated rings. The third-order valence-corrected chi connectivity index (χ3v) is 9.31. The first-order chi connectivity index (χ1) is 19.4. The van der Waals surface area contributed by atoms with Crippen molar-refractivity contribution in [2.75, 3.05) is 24.4 Å². The Morgan fingerprint density at radius 3 is 2.67 bits per heavy atom. The van der Waals surface area contributed by atoms with E-state index in [-0.39, 0.29) is 0 Å². The van der Waals surface area contributed by atoms with E-state index in [0.29, 0.717) is 30.3 Å². The summed E-state index contributed by atoms with van der Waals surface area (Å²) in [6.07, 6.45) is 6.95. The summed E-state index contributed by atoms with van der Waals surface area (Å²) in [6, 6.07) is 16.2. The van der Waals surface area contributed by atoms with Gasteiger partial charge in [0.05, 0.1) is 24.3 Å². The Hall–Kier alpha value is -3.40. The largest absolute Gasteiger partial charge is 0.588 e. The lowest BCUT2D eigenvalue weighted by Gasteiger charge is -2.38. The van der Waals surface area contributed by atoms with Crippen molar-refractivity contribution in [1.82, 2.24) is 24.4 Å². The van der Waals surface area contributed by atoms with Gasteiger partial charge in [0.2, 0.25) is 5.88 Å². The maximum Gasteiger partial charge on any atom is 0.269 e. The van der Waals surface area contributed by atoms with Crippen LogP contribution in [0.1, 0.15) is 35.2 Å². The molecule has 40 heavy (non-hydrogen) atoms. The van der Waals surface area contributed by atoms with Gasteiger partial charge < -0.3 is 13.9 Å². The molecule has 4 bridgehead atoms. The molecule has 6 rings (SSSR count). The van der Waals surface area contributed by atoms with Gasteiger partial charge >= 0.3 is 0 Å². The number of imidazole rings is 1. The van der Waals surface area contributed by atoms with Crippen LogP contribution in [-0.2, 0) is 31.4 Å². The van der Waals surface area contributed by atoms with E-state index in [9.17, 15) is 4.55 Å². The Bertz CT molecular complexity index is 1470. The van der Waals surface area contributed by atoms with Crippen LogP contribution >= 0.6 is 0 Å². The zero-order chi connectivity index (χ0) is 27.6. The first-order valence-corrected chi connectivity index (χ1v) is 15.1. The third kappa shape index (κ3) is 5.87. The minimum Gasteiger partial charge on any atom is -0.588 e. The molecule has 2 aromatic carbocycles. The summed E-state index contributed by atoms with van der Waals surface area (Å²) in [5.41, 5.74) is 6.47. The van der Waals surface area contributed by atoms with Crippen molar-refractivity contribution in [3.8, 4) is 17.1 Å². The average molecular weight is 557 g/mol. The number of benzene rings is 2. The van der Waals surface area contributed by atoms with Crippen LogP contribution in [0.3, 0.4) is 0 Å². The van der Waals surface area contributed by atoms with Crippen LogP contribution in [0.25, 0.3) is 11.3 Å². The van der Waals surface area contributed by atoms with Gasteiger partial charge in [0.25, 0.3) is 5.95 Å². The van der Waals surface area contributed by atoms with Crippen LogP contribution in [0.5, 0.6) is 5.88 Å². The Labute approximate surface area is 239 Å². The SMILES string of the molecule is Cc1cccc(C)c1-c1cc2nc(n1)N[S+]([O-])c1cccc(c1)CCC1CCN(Cc3cncn3C)C[C@@H]1CO2. The standard InChI is InChI=1S/C31H36N6O2S/c1-21-6-4-7-22(2)30(21)28-15-29-34-31(33-28)35-40(38)27-9-5-8-23(14-27)10-11-24-12-13-37(17-25(24)19-39-29)18-26-16-32-20-36(26)3/h4-9,14-16,20,24-25H,10-13,17-19H2,1-3H3,(H,33,34,35)/t24?,25-,40?/m1/s1. The number of aryl methyl sites for hydroxylation is 4. The minimum absolute atomic E-state index is 0.300. The normalized spacial score (nSPS) is 21.6. The number of anilines is 1. The summed E-state index contributed by atoms with van der Waals surface area (Å²) in [4.78, 5) is 17.0. The van der Waals surface area contributed by atoms with Crippen LogP contribution in [0.4, 0.5) is 5.95 Å². The number of aromatic nitrogens is 4. The molecule has 2 aliphatic rings. The molecule has 0 spiro atoms. The quantitative estimate of drug-likeness (QED) is 0.352. The molecule has 8 nitrogen and oxygen atoms in total. The third-order valence-electron chi connectivity index (χ3n) is 8.26. The number of rotatable bonds is 3. The van der Waals surface area contributed by atoms with E-state index in [1.165, 1.54) is 11.3 Å². The second-order valence-electron chi connectivity index (χ2n) is 11.1. The Morgan fingerprint density at radius 2 is 1.88 bits per heavy atom. The van der Waals surface area contributed by atoms with Crippen molar-refractivity contribution in [1.29, 1.82) is 0 Å². The predicted octanol–water partition coefficient (Wildman–Crippen LogP) is 5.09. The van der Waals surface area contributed by atoms with Crippen LogP contribution in [-0.4, -0.2) is 48.7 Å². The van der Waals surface area contributed by atoms with Gasteiger partial charge in [-0.05, 0) is 74.4 Å². The van der Waals surface area contributed by atoms with Gasteiger partial charge in [-0.1, -0.05) is 30.3 Å². The molecule has 2 aromatic heterocycles. The van der Waals surface area contributed by atoms with E-state index in [2.05, 4.69) is 63.3 Å². The predicted molar refractivity (Wildman–Crippen MR) is 157 cm³/mol. The van der Waals surface area contributed by atoms with Crippen molar-refractivity contribution >= 4 is 17.3 Å². The fraction of sp³-hybridized carbons (Fsp3) is 0.387. The van der Waals surface area contributed by atoms with E-state index in [1.54, 1.807) is 0 Å². The molecule has 0 aliphatic carbocycles. The zero-order valence-corrected chi connectivity index (χ0v) is 24.2. The zero-order valence-electron chi connectivity index (χ0n) is 23.3. The van der Waals surface area contributed by atoms with E-state index in [0.717, 1.165) is 66.2 Å². The van der Waals surface area contributed by atoms with Crippen LogP contribution in [0.15, 0.2) is 66.0 Å². The minimum atomic E-state index is -1.49. The molecule has 3 atom stereocenters. The summed E-state index contributed by atoms with van der Waals surface area (Å²) in [7, 11) is 2.05. The van der Waals surface area contributed by atoms with E-state index in [1.807, 2.05) is 42.9 Å². The molecule has 1 saturated heterocycles. The first kappa shape index (κ1) is 26.8. The summed E-state index contributed by atoms with van der Waals surface area (Å²) < 4.78 is 24.9. The number of piperidine rings is 1. The lowest BCUT2D eigenvalue weighted by molar-refractivity contribution is 0.0696. The number of likely N-dealkylation sites (tertiary alicyclic amines) is 1. The van der Waals surface area contributed by atoms with Gasteiger partial charge in [-0.15, -0.1) is 0 Å². The topological polar surface area (TPSA) is 91.2 Å². The van der Waals surface area contributed by atoms with Gasteiger partial charge in [-0.25, -0.2) is 9.97 Å². The number of hydrogen-bond acceptors (Lipinski definition) is 7. The first-order valence-electron chi connectivity index (χ1n) is 14.0. The summed E-state index contributed by atoms with van der Waals surface area (Å²) >= 11 is -1.49. The molecule has 2 aliphatic heterocycles. The summed E-state index contributed by atoms with van der Waals surface area (Å²) in [5.74, 6) is 1.68. The highest BCUT2D eigenvalue weighted by atomic mass is 32.2. The molecule has 4 aromatic rings. The van der Waals surface area contributed by atoms with E-state index < -0.39 is 11.4 Å². The van der Waals surface area contributed by atoms with Crippen molar-refractivity contribution in [2.45, 2.75) is 44.6 Å². The number of nitrogens with zero attached hydrogens (tertiary/aromatic N) is 5. The van der Waals surface area contributed by atoms with Crippen molar-refractivity contribution < 1.29 is 9.29 Å². The van der Waals surface area contributed by atoms with Crippen molar-refractivity contribution in [2.24, 2.45) is 18.9 Å². The fourth-order valence-corrected chi connectivity index (χ4v) is 6.86. The van der Waals surface area contributed by atoms with Gasteiger partial charge in [0, 0.05) is 43.9 Å². The van der Waals surface area contributed by atoms with Crippen molar-refractivity contribution in [3.63, 3.8) is 0 Å². The molecule has 0 amide bonds. The highest BCUT2D eigenvalue weighted by Gasteiger charge is 2.31. The Morgan fingerprint density at radius 1 is 1.05 bits per heavy atom. The molecule has 2 unspecified atom stereocenters. The number of nitrogens with one attached hydrogen (secondary N) is 1. The maximum atomic E-state index is 13.3. The smallest absolute Gasteiger partial charge is 0.269 e. The molecular weight excluding hydrogens is 520 g/mol.